The number of rotatable bonds is 6. The van der Waals surface area contributed by atoms with Crippen molar-refractivity contribution in [2.75, 3.05) is 10.6 Å². The van der Waals surface area contributed by atoms with Crippen molar-refractivity contribution in [1.82, 2.24) is 24.7 Å². The summed E-state index contributed by atoms with van der Waals surface area (Å²) in [5.41, 5.74) is 7.36. The van der Waals surface area contributed by atoms with Gasteiger partial charge < -0.3 is 10.6 Å². The molecule has 4 aromatic heterocycles. The van der Waals surface area contributed by atoms with Crippen molar-refractivity contribution in [2.45, 2.75) is 26.2 Å². The Morgan fingerprint density at radius 2 is 1.79 bits per heavy atom. The van der Waals surface area contributed by atoms with Gasteiger partial charge in [0.2, 0.25) is 11.8 Å². The van der Waals surface area contributed by atoms with Crippen LogP contribution in [0.4, 0.5) is 10.8 Å². The highest BCUT2D eigenvalue weighted by molar-refractivity contribution is 7.19. The van der Waals surface area contributed by atoms with Crippen molar-refractivity contribution >= 4 is 34.0 Å². The van der Waals surface area contributed by atoms with Gasteiger partial charge in [-0.2, -0.15) is 5.10 Å². The Morgan fingerprint density at radius 1 is 0.974 bits per heavy atom. The second kappa shape index (κ2) is 9.98. The van der Waals surface area contributed by atoms with Crippen LogP contribution < -0.4 is 10.6 Å². The second-order valence-corrected chi connectivity index (χ2v) is 9.93. The van der Waals surface area contributed by atoms with E-state index in [0.717, 1.165) is 57.2 Å². The lowest BCUT2D eigenvalue weighted by Gasteiger charge is -2.14. The van der Waals surface area contributed by atoms with Crippen LogP contribution in [0.3, 0.4) is 0 Å². The van der Waals surface area contributed by atoms with Crippen LogP contribution >= 0.6 is 11.3 Å². The summed E-state index contributed by atoms with van der Waals surface area (Å²) in [7, 11) is 0. The second-order valence-electron chi connectivity index (χ2n) is 8.93. The van der Waals surface area contributed by atoms with Crippen molar-refractivity contribution in [2.24, 2.45) is 0 Å². The van der Waals surface area contributed by atoms with E-state index in [9.17, 15) is 9.59 Å². The molecule has 9 nitrogen and oxygen atoms in total. The van der Waals surface area contributed by atoms with Gasteiger partial charge in [-0.1, -0.05) is 23.5 Å². The molecule has 0 fully saturated rings. The predicted molar refractivity (Wildman–Crippen MR) is 146 cm³/mol. The third-order valence-corrected chi connectivity index (χ3v) is 7.26. The molecule has 1 aliphatic carbocycles. The van der Waals surface area contributed by atoms with Crippen LogP contribution in [-0.4, -0.2) is 36.5 Å². The number of nitrogens with one attached hydrogen (secondary N) is 2. The van der Waals surface area contributed by atoms with E-state index in [1.165, 1.54) is 18.3 Å². The van der Waals surface area contributed by atoms with E-state index in [2.05, 4.69) is 25.6 Å². The molecule has 1 aromatic carbocycles. The number of aryl methyl sites for hydroxylation is 1. The van der Waals surface area contributed by atoms with Crippen LogP contribution in [-0.2, 0) is 28.9 Å². The molecule has 5 aromatic rings. The van der Waals surface area contributed by atoms with Gasteiger partial charge in [-0.05, 0) is 54.8 Å². The molecule has 6 rings (SSSR count). The summed E-state index contributed by atoms with van der Waals surface area (Å²) >= 11 is 1.46. The van der Waals surface area contributed by atoms with E-state index in [4.69, 9.17) is 5.10 Å². The fraction of sp³-hybridized carbons (Fsp3) is 0.143. The fourth-order valence-electron chi connectivity index (χ4n) is 4.58. The topological polar surface area (TPSA) is 115 Å². The summed E-state index contributed by atoms with van der Waals surface area (Å²) in [6.07, 6.45) is 8.65. The maximum absolute atomic E-state index is 12.5. The largest absolute Gasteiger partial charge is 0.326 e. The lowest BCUT2D eigenvalue weighted by molar-refractivity contribution is -0.116. The zero-order valence-electron chi connectivity index (χ0n) is 20.5. The number of aromatic nitrogens is 5. The van der Waals surface area contributed by atoms with Gasteiger partial charge in [-0.15, -0.1) is 0 Å². The van der Waals surface area contributed by atoms with Crippen LogP contribution in [0, 0.1) is 0 Å². The van der Waals surface area contributed by atoms with Gasteiger partial charge in [0.05, 0.1) is 34.1 Å². The lowest BCUT2D eigenvalue weighted by atomic mass is 9.95. The number of hydrogen-bond donors (Lipinski definition) is 2. The predicted octanol–water partition coefficient (Wildman–Crippen LogP) is 4.69. The Morgan fingerprint density at radius 3 is 2.53 bits per heavy atom. The summed E-state index contributed by atoms with van der Waals surface area (Å²) < 4.78 is 1.94. The molecule has 0 bridgehead atoms. The normalized spacial score (nSPS) is 11.9. The van der Waals surface area contributed by atoms with Crippen LogP contribution in [0.5, 0.6) is 0 Å². The van der Waals surface area contributed by atoms with Crippen LogP contribution in [0.2, 0.25) is 0 Å². The number of carbonyl (C=O) groups excluding carboxylic acids is 2. The van der Waals surface area contributed by atoms with Crippen LogP contribution in [0.15, 0.2) is 73.3 Å². The van der Waals surface area contributed by atoms with Gasteiger partial charge in [0.15, 0.2) is 5.13 Å². The Hall–Kier alpha value is -4.70. The third-order valence-electron chi connectivity index (χ3n) is 6.24. The number of pyridine rings is 2. The number of benzene rings is 1. The first-order valence-electron chi connectivity index (χ1n) is 12.1. The summed E-state index contributed by atoms with van der Waals surface area (Å²) in [4.78, 5) is 38.1. The van der Waals surface area contributed by atoms with Crippen LogP contribution in [0.1, 0.15) is 23.7 Å². The number of hydrogen-bond acceptors (Lipinski definition) is 7. The first-order valence-corrected chi connectivity index (χ1v) is 13.0. The number of nitrogens with zero attached hydrogens (tertiary/aromatic N) is 5. The van der Waals surface area contributed by atoms with Gasteiger partial charge in [-0.25, -0.2) is 9.67 Å². The first-order chi connectivity index (χ1) is 18.5. The van der Waals surface area contributed by atoms with Crippen molar-refractivity contribution in [3.63, 3.8) is 0 Å². The average molecular weight is 522 g/mol. The summed E-state index contributed by atoms with van der Waals surface area (Å²) in [6.45, 7) is 1.48. The molecular weight excluding hydrogens is 498 g/mol. The quantitative estimate of drug-likeness (QED) is 0.335. The molecule has 38 heavy (non-hydrogen) atoms. The molecule has 0 spiro atoms. The zero-order chi connectivity index (χ0) is 26.1. The molecular formula is C28H23N7O2S. The minimum absolute atomic E-state index is 0.0981. The average Bonchev–Trinajstić information content (AvgIpc) is 3.51. The highest BCUT2D eigenvalue weighted by atomic mass is 32.1. The fourth-order valence-corrected chi connectivity index (χ4v) is 5.69. The Labute approximate surface area is 222 Å². The molecule has 4 heterocycles. The van der Waals surface area contributed by atoms with E-state index in [0.29, 0.717) is 10.8 Å². The number of amides is 2. The summed E-state index contributed by atoms with van der Waals surface area (Å²) in [6, 6.07) is 15.3. The molecule has 10 heteroatoms. The van der Waals surface area contributed by atoms with Crippen molar-refractivity contribution in [3.8, 4) is 27.5 Å². The van der Waals surface area contributed by atoms with Crippen molar-refractivity contribution in [1.29, 1.82) is 0 Å². The minimum Gasteiger partial charge on any atom is -0.326 e. The molecule has 0 aliphatic heterocycles. The maximum atomic E-state index is 12.5. The van der Waals surface area contributed by atoms with Gasteiger partial charge >= 0.3 is 0 Å². The molecule has 2 N–H and O–H groups in total. The third kappa shape index (κ3) is 4.69. The molecule has 0 saturated heterocycles. The van der Waals surface area contributed by atoms with Gasteiger partial charge in [0, 0.05) is 48.5 Å². The van der Waals surface area contributed by atoms with E-state index < -0.39 is 0 Å². The monoisotopic (exact) mass is 521 g/mol. The SMILES string of the molecule is CC(=O)Nc1nc2c(s1)-c1c(c(-c3cccnc3)nn1-c1ccc(CC(=O)Nc3ccncc3)cc1)CC2. The summed E-state index contributed by atoms with van der Waals surface area (Å²) in [5.74, 6) is -0.247. The highest BCUT2D eigenvalue weighted by Gasteiger charge is 2.30. The van der Waals surface area contributed by atoms with E-state index >= 15 is 0 Å². The molecule has 2 amide bonds. The number of carbonyl (C=O) groups is 2. The van der Waals surface area contributed by atoms with Gasteiger partial charge in [-0.3, -0.25) is 19.6 Å². The maximum Gasteiger partial charge on any atom is 0.228 e. The van der Waals surface area contributed by atoms with E-state index in [-0.39, 0.29) is 18.2 Å². The van der Waals surface area contributed by atoms with Crippen molar-refractivity contribution < 1.29 is 9.59 Å². The molecule has 1 aliphatic rings. The molecule has 0 unspecified atom stereocenters. The number of fused-ring (bicyclic) bond motifs is 3. The summed E-state index contributed by atoms with van der Waals surface area (Å²) in [5, 5.41) is 11.3. The van der Waals surface area contributed by atoms with Gasteiger partial charge in [0.25, 0.3) is 0 Å². The lowest BCUT2D eigenvalue weighted by Crippen LogP contribution is -2.14. The number of anilines is 2. The highest BCUT2D eigenvalue weighted by Crippen LogP contribution is 2.44. The Kier molecular flexibility index (Phi) is 6.22. The molecule has 0 radical (unpaired) electrons. The Balaban J connectivity index is 1.36. The smallest absolute Gasteiger partial charge is 0.228 e. The standard InChI is InChI=1S/C28H23N7O2S/c1-17(36)31-28-33-23-9-8-22-25(19-3-2-12-30-16-19)34-35(26(22)27(23)38-28)21-6-4-18(5-7-21)15-24(37)32-20-10-13-29-14-11-20/h2-7,10-14,16H,8-9,15H2,1H3,(H,29,32,37)(H,31,33,36). The molecule has 0 saturated carbocycles. The minimum atomic E-state index is -0.149. The van der Waals surface area contributed by atoms with Crippen LogP contribution in [0.25, 0.3) is 27.5 Å². The Bertz CT molecular complexity index is 1630. The van der Waals surface area contributed by atoms with E-state index in [1.807, 2.05) is 47.3 Å². The van der Waals surface area contributed by atoms with Crippen molar-refractivity contribution in [3.05, 3.63) is 90.1 Å². The molecule has 0 atom stereocenters. The zero-order valence-corrected chi connectivity index (χ0v) is 21.3. The number of thiazole rings is 1. The first kappa shape index (κ1) is 23.7. The van der Waals surface area contributed by atoms with E-state index in [1.54, 1.807) is 30.7 Å². The van der Waals surface area contributed by atoms with Gasteiger partial charge in [0.1, 0.15) is 0 Å². The molecule has 188 valence electrons.